The molecule has 5 nitrogen and oxygen atoms in total. The van der Waals surface area contributed by atoms with Gasteiger partial charge in [0.2, 0.25) is 5.91 Å². The second kappa shape index (κ2) is 7.14. The van der Waals surface area contributed by atoms with E-state index in [4.69, 9.17) is 4.74 Å². The Hall–Kier alpha value is -1.39. The highest BCUT2D eigenvalue weighted by molar-refractivity contribution is 5.93. The predicted molar refractivity (Wildman–Crippen MR) is 109 cm³/mol. The molecule has 4 rings (SSSR count). The standard InChI is InChI=1S/C23H36N2O3/c1-14(26)24-25-21-8-7-19-18-6-5-16-13-17(28-15(2)27)9-11-22(16,3)20(18)10-12-23(19,21)4/h16-20H,5-13H2,1-4H3,(H,24,26)/b25-21-/t16-,17?,18?,19?,20?,22-,23-/m0/s1. The van der Waals surface area contributed by atoms with Gasteiger partial charge in [-0.2, -0.15) is 5.10 Å². The summed E-state index contributed by atoms with van der Waals surface area (Å²) in [5.74, 6) is 2.73. The van der Waals surface area contributed by atoms with Gasteiger partial charge in [-0.1, -0.05) is 13.8 Å². The Morgan fingerprint density at radius 1 is 1.04 bits per heavy atom. The fraction of sp³-hybridized carbons (Fsp3) is 0.870. The van der Waals surface area contributed by atoms with Gasteiger partial charge in [-0.25, -0.2) is 5.43 Å². The molecule has 0 aliphatic heterocycles. The Balaban J connectivity index is 1.52. The van der Waals surface area contributed by atoms with Crippen LogP contribution in [0, 0.1) is 34.5 Å². The molecule has 4 fully saturated rings. The Morgan fingerprint density at radius 2 is 1.82 bits per heavy atom. The zero-order chi connectivity index (χ0) is 20.1. The van der Waals surface area contributed by atoms with Crippen molar-refractivity contribution in [3.8, 4) is 0 Å². The Morgan fingerprint density at radius 3 is 2.54 bits per heavy atom. The molecule has 0 heterocycles. The molecule has 4 saturated carbocycles. The summed E-state index contributed by atoms with van der Waals surface area (Å²) in [6.45, 7) is 7.99. The van der Waals surface area contributed by atoms with E-state index < -0.39 is 0 Å². The van der Waals surface area contributed by atoms with E-state index in [0.29, 0.717) is 17.3 Å². The fourth-order valence-corrected chi connectivity index (χ4v) is 7.68. The van der Waals surface area contributed by atoms with Crippen LogP contribution in [-0.4, -0.2) is 23.7 Å². The van der Waals surface area contributed by atoms with Gasteiger partial charge < -0.3 is 4.74 Å². The summed E-state index contributed by atoms with van der Waals surface area (Å²) >= 11 is 0. The van der Waals surface area contributed by atoms with E-state index in [2.05, 4.69) is 24.4 Å². The Kier molecular flexibility index (Phi) is 5.08. The summed E-state index contributed by atoms with van der Waals surface area (Å²) in [5.41, 5.74) is 4.46. The first kappa shape index (κ1) is 19.9. The van der Waals surface area contributed by atoms with E-state index >= 15 is 0 Å². The SMILES string of the molecule is CC(=O)N/N=C1/CCC2C3CC[C@H]4CC(OC(C)=O)CC[C@]4(C)C3CC[C@]12C. The average molecular weight is 389 g/mol. The molecule has 0 bridgehead atoms. The summed E-state index contributed by atoms with van der Waals surface area (Å²) in [4.78, 5) is 22.7. The molecule has 1 amide bonds. The van der Waals surface area contributed by atoms with Gasteiger partial charge in [0.15, 0.2) is 0 Å². The normalized spacial score (nSPS) is 46.3. The number of hydrogen-bond donors (Lipinski definition) is 1. The first-order valence-corrected chi connectivity index (χ1v) is 11.2. The van der Waals surface area contributed by atoms with E-state index in [1.807, 2.05) is 0 Å². The number of ether oxygens (including phenoxy) is 1. The van der Waals surface area contributed by atoms with E-state index in [-0.39, 0.29) is 23.4 Å². The third-order valence-electron chi connectivity index (χ3n) is 9.04. The van der Waals surface area contributed by atoms with Crippen molar-refractivity contribution in [1.82, 2.24) is 5.43 Å². The number of fused-ring (bicyclic) bond motifs is 5. The molecule has 0 radical (unpaired) electrons. The van der Waals surface area contributed by atoms with Gasteiger partial charge in [0.25, 0.3) is 0 Å². The van der Waals surface area contributed by atoms with Crippen molar-refractivity contribution < 1.29 is 14.3 Å². The largest absolute Gasteiger partial charge is 0.463 e. The zero-order valence-corrected chi connectivity index (χ0v) is 17.9. The van der Waals surface area contributed by atoms with Crippen LogP contribution in [0.1, 0.15) is 85.5 Å². The molecule has 0 saturated heterocycles. The molecule has 0 aromatic carbocycles. The molecule has 7 atom stereocenters. The van der Waals surface area contributed by atoms with Crippen molar-refractivity contribution >= 4 is 17.6 Å². The number of carbonyl (C=O) groups is 2. The highest BCUT2D eigenvalue weighted by atomic mass is 16.5. The first-order valence-electron chi connectivity index (χ1n) is 11.2. The monoisotopic (exact) mass is 388 g/mol. The molecule has 4 aliphatic rings. The second-order valence-electron chi connectivity index (χ2n) is 10.4. The topological polar surface area (TPSA) is 67.8 Å². The molecule has 0 aromatic rings. The molecule has 0 spiro atoms. The molecule has 28 heavy (non-hydrogen) atoms. The Bertz CT molecular complexity index is 689. The maximum atomic E-state index is 11.4. The van der Waals surface area contributed by atoms with Crippen LogP contribution in [0.3, 0.4) is 0 Å². The first-order chi connectivity index (χ1) is 13.2. The number of nitrogens with zero attached hydrogens (tertiary/aromatic N) is 1. The van der Waals surface area contributed by atoms with Crippen molar-refractivity contribution in [2.45, 2.75) is 91.6 Å². The number of amides is 1. The van der Waals surface area contributed by atoms with Gasteiger partial charge in [0.05, 0.1) is 0 Å². The fourth-order valence-electron chi connectivity index (χ4n) is 7.68. The smallest absolute Gasteiger partial charge is 0.302 e. The van der Waals surface area contributed by atoms with Crippen LogP contribution in [0.15, 0.2) is 5.10 Å². The Labute approximate surface area is 169 Å². The van der Waals surface area contributed by atoms with Gasteiger partial charge in [-0.3, -0.25) is 9.59 Å². The van der Waals surface area contributed by atoms with Crippen molar-refractivity contribution in [3.05, 3.63) is 0 Å². The van der Waals surface area contributed by atoms with Gasteiger partial charge in [0, 0.05) is 25.0 Å². The van der Waals surface area contributed by atoms with Crippen LogP contribution >= 0.6 is 0 Å². The van der Waals surface area contributed by atoms with Crippen molar-refractivity contribution in [2.75, 3.05) is 0 Å². The number of rotatable bonds is 2. The lowest BCUT2D eigenvalue weighted by Gasteiger charge is -2.60. The number of hydrogen-bond acceptors (Lipinski definition) is 4. The minimum Gasteiger partial charge on any atom is -0.463 e. The molecule has 4 unspecified atom stereocenters. The molecule has 0 aromatic heterocycles. The molecule has 5 heteroatoms. The number of hydrazone groups is 1. The van der Waals surface area contributed by atoms with Crippen LogP contribution in [-0.2, 0) is 14.3 Å². The summed E-state index contributed by atoms with van der Waals surface area (Å²) < 4.78 is 5.58. The van der Waals surface area contributed by atoms with Gasteiger partial charge in [-0.05, 0) is 86.9 Å². The summed E-state index contributed by atoms with van der Waals surface area (Å²) in [7, 11) is 0. The van der Waals surface area contributed by atoms with Crippen LogP contribution in [0.2, 0.25) is 0 Å². The molecule has 156 valence electrons. The molecular formula is C23H36N2O3. The maximum Gasteiger partial charge on any atom is 0.302 e. The maximum absolute atomic E-state index is 11.4. The van der Waals surface area contributed by atoms with Crippen LogP contribution < -0.4 is 5.43 Å². The molecular weight excluding hydrogens is 352 g/mol. The highest BCUT2D eigenvalue weighted by Crippen LogP contribution is 2.65. The lowest BCUT2D eigenvalue weighted by Crippen LogP contribution is -2.54. The molecule has 1 N–H and O–H groups in total. The van der Waals surface area contributed by atoms with E-state index in [0.717, 1.165) is 31.1 Å². The third kappa shape index (κ3) is 3.19. The van der Waals surface area contributed by atoms with E-state index in [9.17, 15) is 9.59 Å². The van der Waals surface area contributed by atoms with Gasteiger partial charge in [0.1, 0.15) is 6.10 Å². The number of carbonyl (C=O) groups excluding carboxylic acids is 2. The van der Waals surface area contributed by atoms with Gasteiger partial charge in [-0.15, -0.1) is 0 Å². The third-order valence-corrected chi connectivity index (χ3v) is 9.04. The lowest BCUT2D eigenvalue weighted by molar-refractivity contribution is -0.158. The average Bonchev–Trinajstić information content (AvgIpc) is 2.96. The van der Waals surface area contributed by atoms with Crippen molar-refractivity contribution in [1.29, 1.82) is 0 Å². The lowest BCUT2D eigenvalue weighted by atomic mass is 9.45. The predicted octanol–water partition coefficient (Wildman–Crippen LogP) is 4.45. The quantitative estimate of drug-likeness (QED) is 0.561. The summed E-state index contributed by atoms with van der Waals surface area (Å²) in [6, 6.07) is 0. The minimum absolute atomic E-state index is 0.0780. The second-order valence-corrected chi connectivity index (χ2v) is 10.4. The van der Waals surface area contributed by atoms with Crippen molar-refractivity contribution in [3.63, 3.8) is 0 Å². The van der Waals surface area contributed by atoms with Gasteiger partial charge >= 0.3 is 5.97 Å². The van der Waals surface area contributed by atoms with Crippen molar-refractivity contribution in [2.24, 2.45) is 39.6 Å². The number of esters is 1. The van der Waals surface area contributed by atoms with Crippen LogP contribution in [0.25, 0.3) is 0 Å². The van der Waals surface area contributed by atoms with E-state index in [1.54, 1.807) is 0 Å². The van der Waals surface area contributed by atoms with E-state index in [1.165, 1.54) is 58.1 Å². The summed E-state index contributed by atoms with van der Waals surface area (Å²) in [6.07, 6.45) is 10.6. The zero-order valence-electron chi connectivity index (χ0n) is 17.9. The molecule has 4 aliphatic carbocycles. The van der Waals surface area contributed by atoms with Crippen LogP contribution in [0.4, 0.5) is 0 Å². The number of nitrogens with one attached hydrogen (secondary N) is 1. The van der Waals surface area contributed by atoms with Crippen LogP contribution in [0.5, 0.6) is 0 Å². The minimum atomic E-state index is -0.132. The highest BCUT2D eigenvalue weighted by Gasteiger charge is 2.59. The summed E-state index contributed by atoms with van der Waals surface area (Å²) in [5, 5.41) is 4.52.